The Balaban J connectivity index is 2.65. The molecular weight excluding hydrogens is 242 g/mol. The van der Waals surface area contributed by atoms with Crippen LogP contribution in [0, 0.1) is 10.1 Å². The SMILES string of the molecule is O=Cc1c([N+](=O)[O-])ccc2c1SSS2. The standard InChI is InChI=1S/C7H3NO3S3/c9-3-4-5(8(10)11)1-2-6-7(4)13-14-12-6/h1-3H. The lowest BCUT2D eigenvalue weighted by molar-refractivity contribution is -0.385. The van der Waals surface area contributed by atoms with E-state index < -0.39 is 4.92 Å². The largest absolute Gasteiger partial charge is 0.298 e. The van der Waals surface area contributed by atoms with E-state index in [9.17, 15) is 14.9 Å². The Morgan fingerprint density at radius 3 is 2.79 bits per heavy atom. The van der Waals surface area contributed by atoms with Crippen molar-refractivity contribution in [1.82, 2.24) is 0 Å². The first-order valence-electron chi connectivity index (χ1n) is 3.52. The molecule has 7 heteroatoms. The molecule has 72 valence electrons. The summed E-state index contributed by atoms with van der Waals surface area (Å²) in [6.45, 7) is 0. The summed E-state index contributed by atoms with van der Waals surface area (Å²) in [6, 6.07) is 3.06. The number of rotatable bonds is 2. The summed E-state index contributed by atoms with van der Waals surface area (Å²) in [5.41, 5.74) is 0.0735. The molecule has 0 bridgehead atoms. The molecule has 0 aromatic heterocycles. The highest BCUT2D eigenvalue weighted by atomic mass is 33.5. The number of carbonyl (C=O) groups is 1. The zero-order valence-corrected chi connectivity index (χ0v) is 9.08. The second-order valence-electron chi connectivity index (χ2n) is 2.44. The molecule has 0 unspecified atom stereocenters. The molecule has 14 heavy (non-hydrogen) atoms. The Labute approximate surface area is 90.8 Å². The lowest BCUT2D eigenvalue weighted by Crippen LogP contribution is -1.95. The van der Waals surface area contributed by atoms with Gasteiger partial charge in [-0.1, -0.05) is 0 Å². The Bertz CT molecular complexity index is 421. The lowest BCUT2D eigenvalue weighted by Gasteiger charge is -2.00. The summed E-state index contributed by atoms with van der Waals surface area (Å²) in [4.78, 5) is 22.5. The third-order valence-corrected chi connectivity index (χ3v) is 5.76. The van der Waals surface area contributed by atoms with E-state index in [0.717, 1.165) is 4.90 Å². The molecule has 1 heterocycles. The van der Waals surface area contributed by atoms with Crippen LogP contribution in [-0.2, 0) is 0 Å². The van der Waals surface area contributed by atoms with Gasteiger partial charge in [-0.3, -0.25) is 14.9 Å². The molecule has 1 aromatic rings. The predicted molar refractivity (Wildman–Crippen MR) is 57.8 cm³/mol. The minimum atomic E-state index is -0.530. The van der Waals surface area contributed by atoms with Crippen molar-refractivity contribution < 1.29 is 9.72 Å². The van der Waals surface area contributed by atoms with Gasteiger partial charge in [0.05, 0.1) is 9.82 Å². The first-order chi connectivity index (χ1) is 6.74. The first-order valence-corrected chi connectivity index (χ1v) is 7.00. The highest BCUT2D eigenvalue weighted by Gasteiger charge is 2.24. The summed E-state index contributed by atoms with van der Waals surface area (Å²) < 4.78 is 0. The van der Waals surface area contributed by atoms with Crippen molar-refractivity contribution >= 4 is 43.4 Å². The number of hydrogen-bond donors (Lipinski definition) is 0. The van der Waals surface area contributed by atoms with Crippen LogP contribution < -0.4 is 0 Å². The van der Waals surface area contributed by atoms with Crippen molar-refractivity contribution in [3.05, 3.63) is 27.8 Å². The molecule has 0 radical (unpaired) electrons. The van der Waals surface area contributed by atoms with Gasteiger partial charge in [-0.05, 0) is 37.5 Å². The lowest BCUT2D eigenvalue weighted by atomic mass is 10.2. The first kappa shape index (κ1) is 9.88. The summed E-state index contributed by atoms with van der Waals surface area (Å²) in [5.74, 6) is 0. The van der Waals surface area contributed by atoms with Gasteiger partial charge < -0.3 is 0 Å². The molecule has 0 spiro atoms. The van der Waals surface area contributed by atoms with Crippen molar-refractivity contribution in [2.24, 2.45) is 0 Å². The van der Waals surface area contributed by atoms with Gasteiger partial charge in [0.25, 0.3) is 5.69 Å². The van der Waals surface area contributed by atoms with E-state index in [1.165, 1.54) is 37.5 Å². The van der Waals surface area contributed by atoms with Gasteiger partial charge in [0.1, 0.15) is 5.56 Å². The molecular formula is C7H3NO3S3. The molecule has 0 fully saturated rings. The van der Waals surface area contributed by atoms with Crippen molar-refractivity contribution in [2.45, 2.75) is 9.79 Å². The van der Waals surface area contributed by atoms with Gasteiger partial charge in [0.2, 0.25) is 0 Å². The molecule has 4 nitrogen and oxygen atoms in total. The van der Waals surface area contributed by atoms with E-state index in [4.69, 9.17) is 0 Å². The van der Waals surface area contributed by atoms with E-state index in [1.54, 1.807) is 6.07 Å². The topological polar surface area (TPSA) is 60.2 Å². The van der Waals surface area contributed by atoms with Crippen molar-refractivity contribution in [3.63, 3.8) is 0 Å². The van der Waals surface area contributed by atoms with Gasteiger partial charge in [-0.15, -0.1) is 0 Å². The number of carbonyl (C=O) groups excluding carboxylic acids is 1. The monoisotopic (exact) mass is 245 g/mol. The molecule has 0 aliphatic carbocycles. The van der Waals surface area contributed by atoms with Crippen LogP contribution in [0.15, 0.2) is 21.9 Å². The number of aldehydes is 1. The fraction of sp³-hybridized carbons (Fsp3) is 0. The van der Waals surface area contributed by atoms with Crippen LogP contribution in [0.3, 0.4) is 0 Å². The van der Waals surface area contributed by atoms with E-state index in [0.29, 0.717) is 11.2 Å². The average Bonchev–Trinajstić information content (AvgIpc) is 2.63. The van der Waals surface area contributed by atoms with Gasteiger partial charge in [-0.25, -0.2) is 0 Å². The molecule has 0 saturated heterocycles. The molecule has 2 rings (SSSR count). The number of nitrogens with zero attached hydrogens (tertiary/aromatic N) is 1. The fourth-order valence-electron chi connectivity index (χ4n) is 1.08. The quantitative estimate of drug-likeness (QED) is 0.345. The molecule has 0 saturated carbocycles. The molecule has 0 atom stereocenters. The van der Waals surface area contributed by atoms with Crippen LogP contribution in [0.25, 0.3) is 0 Å². The number of nitro benzene ring substituents is 1. The van der Waals surface area contributed by atoms with Gasteiger partial charge in [0.15, 0.2) is 6.29 Å². The van der Waals surface area contributed by atoms with Gasteiger partial charge >= 0.3 is 0 Å². The zero-order chi connectivity index (χ0) is 10.1. The second kappa shape index (κ2) is 3.84. The summed E-state index contributed by atoms with van der Waals surface area (Å²) in [5, 5.41) is 10.6. The number of hydrogen-bond acceptors (Lipinski definition) is 6. The van der Waals surface area contributed by atoms with E-state index >= 15 is 0 Å². The number of fused-ring (bicyclic) bond motifs is 1. The molecule has 0 amide bonds. The maximum Gasteiger partial charge on any atom is 0.281 e. The van der Waals surface area contributed by atoms with E-state index in [-0.39, 0.29) is 11.3 Å². The maximum absolute atomic E-state index is 10.8. The highest BCUT2D eigenvalue weighted by molar-refractivity contribution is 9.10. The van der Waals surface area contributed by atoms with Crippen LogP contribution in [0.4, 0.5) is 5.69 Å². The number of nitro groups is 1. The fourth-order valence-corrected chi connectivity index (χ4v) is 5.58. The van der Waals surface area contributed by atoms with Crippen LogP contribution in [0.1, 0.15) is 10.4 Å². The van der Waals surface area contributed by atoms with Crippen LogP contribution in [0.2, 0.25) is 0 Å². The maximum atomic E-state index is 10.8. The van der Waals surface area contributed by atoms with E-state index in [1.807, 2.05) is 0 Å². The van der Waals surface area contributed by atoms with E-state index in [2.05, 4.69) is 0 Å². The zero-order valence-electron chi connectivity index (χ0n) is 6.63. The Kier molecular flexibility index (Phi) is 2.71. The number of benzene rings is 1. The van der Waals surface area contributed by atoms with Crippen molar-refractivity contribution in [2.75, 3.05) is 0 Å². The van der Waals surface area contributed by atoms with Crippen LogP contribution >= 0.6 is 31.4 Å². The molecule has 0 N–H and O–H groups in total. The highest BCUT2D eigenvalue weighted by Crippen LogP contribution is 2.57. The summed E-state index contributed by atoms with van der Waals surface area (Å²) in [7, 11) is 4.42. The summed E-state index contributed by atoms with van der Waals surface area (Å²) in [6.07, 6.45) is 0.552. The van der Waals surface area contributed by atoms with Crippen LogP contribution in [-0.4, -0.2) is 11.2 Å². The third kappa shape index (κ3) is 1.51. The second-order valence-corrected chi connectivity index (χ2v) is 6.39. The summed E-state index contributed by atoms with van der Waals surface area (Å²) >= 11 is 0. The average molecular weight is 245 g/mol. The predicted octanol–water partition coefficient (Wildman–Crippen LogP) is 3.17. The molecule has 1 aromatic carbocycles. The van der Waals surface area contributed by atoms with Crippen molar-refractivity contribution in [3.8, 4) is 0 Å². The minimum absolute atomic E-state index is 0.116. The third-order valence-electron chi connectivity index (χ3n) is 1.69. The smallest absolute Gasteiger partial charge is 0.281 e. The molecule has 1 aliphatic rings. The minimum Gasteiger partial charge on any atom is -0.298 e. The Hall–Kier alpha value is -0.660. The Morgan fingerprint density at radius 1 is 1.36 bits per heavy atom. The van der Waals surface area contributed by atoms with Crippen molar-refractivity contribution in [1.29, 1.82) is 0 Å². The Morgan fingerprint density at radius 2 is 2.14 bits per heavy atom. The molecule has 1 aliphatic heterocycles. The normalized spacial score (nSPS) is 13.7. The van der Waals surface area contributed by atoms with Crippen LogP contribution in [0.5, 0.6) is 0 Å². The van der Waals surface area contributed by atoms with Gasteiger partial charge in [-0.2, -0.15) is 0 Å². The van der Waals surface area contributed by atoms with Gasteiger partial charge in [0, 0.05) is 11.0 Å².